The quantitative estimate of drug-likeness (QED) is 0.603. The van der Waals surface area contributed by atoms with E-state index in [4.69, 9.17) is 27.4 Å². The van der Waals surface area contributed by atoms with Crippen LogP contribution in [0.3, 0.4) is 0 Å². The minimum absolute atomic E-state index is 0.201. The molecule has 0 atom stereocenters. The Morgan fingerprint density at radius 3 is 2.88 bits per heavy atom. The monoisotopic (exact) mass is 240 g/mol. The van der Waals surface area contributed by atoms with Gasteiger partial charge in [-0.1, -0.05) is 12.2 Å². The molecule has 1 heterocycles. The number of hydrogen-bond acceptors (Lipinski definition) is 4. The minimum atomic E-state index is 0.201. The van der Waals surface area contributed by atoms with E-state index in [0.717, 1.165) is 0 Å². The van der Waals surface area contributed by atoms with Crippen molar-refractivity contribution in [1.29, 1.82) is 0 Å². The van der Waals surface area contributed by atoms with Crippen LogP contribution in [-0.4, -0.2) is 29.3 Å². The first-order valence-corrected chi connectivity index (χ1v) is 5.51. The Hall–Kier alpha value is -1.20. The number of nitrogens with zero attached hydrogens (tertiary/aromatic N) is 1. The van der Waals surface area contributed by atoms with Crippen LogP contribution in [0, 0.1) is 0 Å². The van der Waals surface area contributed by atoms with Gasteiger partial charge >= 0.3 is 0 Å². The van der Waals surface area contributed by atoms with Gasteiger partial charge in [0.2, 0.25) is 0 Å². The SMILES string of the molecule is CC(C)OCCOc1cccnc1C(N)=S. The van der Waals surface area contributed by atoms with Gasteiger partial charge in [0, 0.05) is 6.20 Å². The van der Waals surface area contributed by atoms with Gasteiger partial charge < -0.3 is 15.2 Å². The third kappa shape index (κ3) is 4.12. The molecule has 0 aliphatic carbocycles. The molecule has 1 rings (SSSR count). The molecular weight excluding hydrogens is 224 g/mol. The summed E-state index contributed by atoms with van der Waals surface area (Å²) in [5.41, 5.74) is 6.04. The largest absolute Gasteiger partial charge is 0.489 e. The van der Waals surface area contributed by atoms with Crippen molar-refractivity contribution in [2.45, 2.75) is 20.0 Å². The molecule has 0 aliphatic heterocycles. The van der Waals surface area contributed by atoms with E-state index in [9.17, 15) is 0 Å². The predicted octanol–water partition coefficient (Wildman–Crippen LogP) is 1.52. The van der Waals surface area contributed by atoms with Crippen LogP contribution in [0.2, 0.25) is 0 Å². The summed E-state index contributed by atoms with van der Waals surface area (Å²) in [5.74, 6) is 0.599. The molecule has 0 fully saturated rings. The zero-order valence-corrected chi connectivity index (χ0v) is 10.3. The van der Waals surface area contributed by atoms with E-state index in [-0.39, 0.29) is 11.1 Å². The van der Waals surface area contributed by atoms with E-state index < -0.39 is 0 Å². The first-order chi connectivity index (χ1) is 7.61. The Morgan fingerprint density at radius 1 is 1.50 bits per heavy atom. The minimum Gasteiger partial charge on any atom is -0.489 e. The average molecular weight is 240 g/mol. The van der Waals surface area contributed by atoms with Gasteiger partial charge in [-0.15, -0.1) is 0 Å². The smallest absolute Gasteiger partial charge is 0.148 e. The summed E-state index contributed by atoms with van der Waals surface area (Å²) < 4.78 is 10.8. The number of pyridine rings is 1. The second-order valence-electron chi connectivity index (χ2n) is 3.48. The van der Waals surface area contributed by atoms with Gasteiger partial charge in [-0.3, -0.25) is 0 Å². The first kappa shape index (κ1) is 12.9. The van der Waals surface area contributed by atoms with Gasteiger partial charge in [-0.25, -0.2) is 4.98 Å². The van der Waals surface area contributed by atoms with E-state index >= 15 is 0 Å². The normalized spacial score (nSPS) is 10.4. The maximum absolute atomic E-state index is 5.52. The summed E-state index contributed by atoms with van der Waals surface area (Å²) in [4.78, 5) is 4.30. The number of thiocarbonyl (C=S) groups is 1. The Bertz CT molecular complexity index is 356. The number of rotatable bonds is 6. The lowest BCUT2D eigenvalue weighted by Crippen LogP contribution is -2.16. The first-order valence-electron chi connectivity index (χ1n) is 5.10. The summed E-state index contributed by atoms with van der Waals surface area (Å²) in [7, 11) is 0. The van der Waals surface area contributed by atoms with Crippen LogP contribution in [0.1, 0.15) is 19.5 Å². The fourth-order valence-electron chi connectivity index (χ4n) is 1.13. The molecule has 0 radical (unpaired) electrons. The summed E-state index contributed by atoms with van der Waals surface area (Å²) in [6, 6.07) is 3.57. The number of nitrogens with two attached hydrogens (primary N) is 1. The molecule has 1 aromatic rings. The number of aromatic nitrogens is 1. The van der Waals surface area contributed by atoms with Crippen molar-refractivity contribution in [1.82, 2.24) is 4.98 Å². The highest BCUT2D eigenvalue weighted by molar-refractivity contribution is 7.80. The predicted molar refractivity (Wildman–Crippen MR) is 66.7 cm³/mol. The standard InChI is InChI=1S/C11H16N2O2S/c1-8(2)14-6-7-15-9-4-3-5-13-10(9)11(12)16/h3-5,8H,6-7H2,1-2H3,(H2,12,16). The fraction of sp³-hybridized carbons (Fsp3) is 0.455. The summed E-state index contributed by atoms with van der Waals surface area (Å²) >= 11 is 4.87. The lowest BCUT2D eigenvalue weighted by Gasteiger charge is -2.11. The van der Waals surface area contributed by atoms with Gasteiger partial charge in [0.25, 0.3) is 0 Å². The number of hydrogen-bond donors (Lipinski definition) is 1. The van der Waals surface area contributed by atoms with E-state index in [1.54, 1.807) is 18.3 Å². The highest BCUT2D eigenvalue weighted by Crippen LogP contribution is 2.14. The van der Waals surface area contributed by atoms with Crippen LogP contribution < -0.4 is 10.5 Å². The molecule has 0 aliphatic rings. The molecule has 0 spiro atoms. The van der Waals surface area contributed by atoms with Gasteiger partial charge in [0.1, 0.15) is 23.0 Å². The van der Waals surface area contributed by atoms with Gasteiger partial charge in [-0.2, -0.15) is 0 Å². The maximum atomic E-state index is 5.52. The molecule has 5 heteroatoms. The molecule has 0 saturated carbocycles. The zero-order chi connectivity index (χ0) is 12.0. The average Bonchev–Trinajstić information content (AvgIpc) is 2.24. The highest BCUT2D eigenvalue weighted by Gasteiger charge is 2.06. The van der Waals surface area contributed by atoms with Crippen LogP contribution in [0.4, 0.5) is 0 Å². The molecule has 2 N–H and O–H groups in total. The molecule has 0 bridgehead atoms. The topological polar surface area (TPSA) is 57.4 Å². The second kappa shape index (κ2) is 6.40. The van der Waals surface area contributed by atoms with Crippen molar-refractivity contribution >= 4 is 17.2 Å². The highest BCUT2D eigenvalue weighted by atomic mass is 32.1. The molecule has 0 unspecified atom stereocenters. The van der Waals surface area contributed by atoms with Crippen molar-refractivity contribution in [2.75, 3.05) is 13.2 Å². The van der Waals surface area contributed by atoms with Crippen molar-refractivity contribution in [3.8, 4) is 5.75 Å². The third-order valence-electron chi connectivity index (χ3n) is 1.80. The molecule has 16 heavy (non-hydrogen) atoms. The van der Waals surface area contributed by atoms with E-state index in [1.165, 1.54) is 0 Å². The molecular formula is C11H16N2O2S. The van der Waals surface area contributed by atoms with Crippen molar-refractivity contribution in [2.24, 2.45) is 5.73 Å². The Morgan fingerprint density at radius 2 is 2.25 bits per heavy atom. The summed E-state index contributed by atoms with van der Waals surface area (Å²) in [6.45, 7) is 4.94. The van der Waals surface area contributed by atoms with Crippen LogP contribution in [0.25, 0.3) is 0 Å². The maximum Gasteiger partial charge on any atom is 0.148 e. The molecule has 0 aromatic carbocycles. The molecule has 88 valence electrons. The lowest BCUT2D eigenvalue weighted by atomic mass is 10.3. The molecule has 0 saturated heterocycles. The fourth-order valence-corrected chi connectivity index (χ4v) is 1.28. The van der Waals surface area contributed by atoms with Crippen LogP contribution in [0.15, 0.2) is 18.3 Å². The lowest BCUT2D eigenvalue weighted by molar-refractivity contribution is 0.0551. The molecule has 1 aromatic heterocycles. The summed E-state index contributed by atoms with van der Waals surface area (Å²) in [6.07, 6.45) is 1.83. The van der Waals surface area contributed by atoms with Crippen LogP contribution >= 0.6 is 12.2 Å². The molecule has 4 nitrogen and oxygen atoms in total. The van der Waals surface area contributed by atoms with Crippen molar-refractivity contribution < 1.29 is 9.47 Å². The summed E-state index contributed by atoms with van der Waals surface area (Å²) in [5, 5.41) is 0. The van der Waals surface area contributed by atoms with E-state index in [2.05, 4.69) is 4.98 Å². The second-order valence-corrected chi connectivity index (χ2v) is 3.92. The van der Waals surface area contributed by atoms with Gasteiger partial charge in [0.05, 0.1) is 12.7 Å². The van der Waals surface area contributed by atoms with Crippen molar-refractivity contribution in [3.05, 3.63) is 24.0 Å². The number of ether oxygens (including phenoxy) is 2. The van der Waals surface area contributed by atoms with Gasteiger partial charge in [-0.05, 0) is 26.0 Å². The van der Waals surface area contributed by atoms with Crippen LogP contribution in [-0.2, 0) is 4.74 Å². The Balaban J connectivity index is 2.50. The van der Waals surface area contributed by atoms with Gasteiger partial charge in [0.15, 0.2) is 0 Å². The van der Waals surface area contributed by atoms with Crippen LogP contribution in [0.5, 0.6) is 5.75 Å². The Kier molecular flexibility index (Phi) is 5.14. The van der Waals surface area contributed by atoms with E-state index in [1.807, 2.05) is 13.8 Å². The molecule has 0 amide bonds. The third-order valence-corrected chi connectivity index (χ3v) is 1.99. The van der Waals surface area contributed by atoms with Crippen molar-refractivity contribution in [3.63, 3.8) is 0 Å². The zero-order valence-electron chi connectivity index (χ0n) is 9.47. The van der Waals surface area contributed by atoms with E-state index in [0.29, 0.717) is 24.7 Å². The Labute approximate surface area is 101 Å².